The Kier molecular flexibility index (Phi) is 8.59. The zero-order valence-corrected chi connectivity index (χ0v) is 25.0. The van der Waals surface area contributed by atoms with Crippen LogP contribution in [-0.2, 0) is 26.2 Å². The molecule has 0 fully saturated rings. The maximum absolute atomic E-state index is 7.06. The van der Waals surface area contributed by atoms with Crippen LogP contribution in [0.4, 0.5) is 0 Å². The van der Waals surface area contributed by atoms with Crippen molar-refractivity contribution < 1.29 is 26.2 Å². The normalized spacial score (nSPS) is 21.0. The second kappa shape index (κ2) is 9.02. The van der Waals surface area contributed by atoms with E-state index in [9.17, 15) is 0 Å². The second-order valence-corrected chi connectivity index (χ2v) is 13.0. The van der Waals surface area contributed by atoms with E-state index in [1.165, 1.54) is 11.1 Å². The molecule has 0 atom stereocenters. The van der Waals surface area contributed by atoms with Crippen LogP contribution in [-0.4, -0.2) is 9.52 Å². The molecule has 0 nitrogen and oxygen atoms in total. The van der Waals surface area contributed by atoms with Gasteiger partial charge in [-0.2, -0.15) is 0 Å². The van der Waals surface area contributed by atoms with Crippen molar-refractivity contribution >= 4 is 32.7 Å². The van der Waals surface area contributed by atoms with Gasteiger partial charge in [0.15, 0.2) is 0 Å². The van der Waals surface area contributed by atoms with Crippen LogP contribution in [0.1, 0.15) is 88.5 Å². The molecule has 0 aliphatic heterocycles. The van der Waals surface area contributed by atoms with Gasteiger partial charge in [0.05, 0.1) is 9.52 Å². The van der Waals surface area contributed by atoms with Crippen molar-refractivity contribution in [3.05, 3.63) is 42.7 Å². The van der Waals surface area contributed by atoms with Crippen molar-refractivity contribution in [3.63, 3.8) is 0 Å². The van der Waals surface area contributed by atoms with E-state index in [-0.39, 0.29) is 42.4 Å². The summed E-state index contributed by atoms with van der Waals surface area (Å²) in [5, 5.41) is 5.32. The Morgan fingerprint density at radius 1 is 0.857 bits per heavy atom. The molecule has 0 saturated heterocycles. The average molecular weight is 517 g/mol. The van der Waals surface area contributed by atoms with Crippen LogP contribution < -0.4 is 0 Å². The molecule has 0 aromatic carbocycles. The zero-order valence-electron chi connectivity index (χ0n) is 19.6. The molecule has 2 rings (SSSR count). The second-order valence-electron chi connectivity index (χ2n) is 10.4. The van der Waals surface area contributed by atoms with Gasteiger partial charge in [-0.05, 0) is 48.7 Å². The third kappa shape index (κ3) is 4.46. The fraction of sp³-hybridized carbons (Fsp3) is 0.667. The van der Waals surface area contributed by atoms with E-state index in [0.717, 1.165) is 29.3 Å². The summed E-state index contributed by atoms with van der Waals surface area (Å²) in [6.07, 6.45) is 3.08. The van der Waals surface area contributed by atoms with Crippen molar-refractivity contribution in [1.29, 1.82) is 0 Å². The third-order valence-electron chi connectivity index (χ3n) is 6.75. The Morgan fingerprint density at radius 3 is 1.75 bits per heavy atom. The van der Waals surface area contributed by atoms with Crippen molar-refractivity contribution in [2.45, 2.75) is 88.5 Å². The molecule has 0 N–H and O–H groups in total. The molecule has 0 aromatic heterocycles. The van der Waals surface area contributed by atoms with E-state index in [0.29, 0.717) is 0 Å². The van der Waals surface area contributed by atoms with Gasteiger partial charge in [-0.1, -0.05) is 100 Å². The number of allylic oxidation sites excluding steroid dienone is 8. The zero-order chi connectivity index (χ0) is 20.9. The van der Waals surface area contributed by atoms with Crippen LogP contribution in [0.25, 0.3) is 0 Å². The molecular weight excluding hydrogens is 478 g/mol. The van der Waals surface area contributed by atoms with E-state index in [1.54, 1.807) is 21.5 Å². The molecule has 0 bridgehead atoms. The van der Waals surface area contributed by atoms with Crippen LogP contribution in [0, 0.1) is 16.2 Å². The van der Waals surface area contributed by atoms with Crippen molar-refractivity contribution in [2.24, 2.45) is 16.2 Å². The predicted molar refractivity (Wildman–Crippen MR) is 126 cm³/mol. The Hall–Kier alpha value is 0.640. The van der Waals surface area contributed by atoms with Crippen LogP contribution in [0.5, 0.6) is 0 Å². The summed E-state index contributed by atoms with van der Waals surface area (Å²) in [4.78, 5) is 0. The Morgan fingerprint density at radius 2 is 1.36 bits per heavy atom. The number of hydrogen-bond donors (Lipinski definition) is 0. The van der Waals surface area contributed by atoms with Crippen LogP contribution in [0.2, 0.25) is 0 Å². The fourth-order valence-corrected chi connectivity index (χ4v) is 9.44. The summed E-state index contributed by atoms with van der Waals surface area (Å²) < 4.78 is 0. The molecule has 0 unspecified atom stereocenters. The smallest absolute Gasteiger partial charge is 0.0883 e. The molecule has 0 saturated carbocycles. The SMILES string of the molecule is CCC1(CC)C(Cl)=C(C)C([SiH2]C2=C(C(C)(C)C)CC(Cl)=C2C)=C1C(C)(C)C.[Zr]. The largest absolute Gasteiger partial charge is 0.0885 e. The summed E-state index contributed by atoms with van der Waals surface area (Å²) in [6, 6.07) is 0. The van der Waals surface area contributed by atoms with Crippen molar-refractivity contribution in [2.75, 3.05) is 0 Å². The summed E-state index contributed by atoms with van der Waals surface area (Å²) in [6.45, 7) is 23.1. The first kappa shape index (κ1) is 26.7. The molecule has 0 heterocycles. The number of halogens is 2. The minimum atomic E-state index is -0.662. The van der Waals surface area contributed by atoms with Gasteiger partial charge in [0.25, 0.3) is 0 Å². The Balaban J connectivity index is 0.00000392. The van der Waals surface area contributed by atoms with Crippen LogP contribution in [0.3, 0.4) is 0 Å². The van der Waals surface area contributed by atoms with Gasteiger partial charge in [0.1, 0.15) is 0 Å². The van der Waals surface area contributed by atoms with Crippen LogP contribution >= 0.6 is 23.2 Å². The van der Waals surface area contributed by atoms with Gasteiger partial charge in [-0.15, -0.1) is 0 Å². The van der Waals surface area contributed by atoms with Crippen molar-refractivity contribution in [3.8, 4) is 0 Å². The molecule has 2 aliphatic rings. The van der Waals surface area contributed by atoms with Gasteiger partial charge in [-0.25, -0.2) is 0 Å². The minimum absolute atomic E-state index is 0. The first-order valence-electron chi connectivity index (χ1n) is 10.4. The fourth-order valence-electron chi connectivity index (χ4n) is 5.30. The standard InChI is InChI=1S/C24H38Cl2Si.Zr/c1-11-24(12-2)20(23(8,9)10)19(15(4)21(24)26)27-18-14(3)17(25)13-16(18)22(5,6)7;/h11-13,27H2,1-10H3;. The molecule has 0 amide bonds. The maximum atomic E-state index is 7.06. The minimum Gasteiger partial charge on any atom is -0.0885 e. The molecule has 4 heteroatoms. The summed E-state index contributed by atoms with van der Waals surface area (Å²) in [5.74, 6) is 0. The summed E-state index contributed by atoms with van der Waals surface area (Å²) in [7, 11) is -0.662. The van der Waals surface area contributed by atoms with E-state index in [4.69, 9.17) is 23.2 Å². The molecule has 156 valence electrons. The summed E-state index contributed by atoms with van der Waals surface area (Å²) in [5.41, 5.74) is 6.15. The van der Waals surface area contributed by atoms with E-state index in [1.807, 2.05) is 0 Å². The molecule has 0 aromatic rings. The van der Waals surface area contributed by atoms with E-state index >= 15 is 0 Å². The van der Waals surface area contributed by atoms with Gasteiger partial charge in [0, 0.05) is 48.1 Å². The molecule has 0 radical (unpaired) electrons. The summed E-state index contributed by atoms with van der Waals surface area (Å²) >= 11 is 13.7. The molecule has 0 spiro atoms. The van der Waals surface area contributed by atoms with Gasteiger partial charge in [0.2, 0.25) is 0 Å². The number of rotatable bonds is 4. The molecule has 2 aliphatic carbocycles. The Labute approximate surface area is 205 Å². The maximum Gasteiger partial charge on any atom is 0.0883 e. The topological polar surface area (TPSA) is 0 Å². The molecular formula is C24H38Cl2SiZr. The third-order valence-corrected chi connectivity index (χ3v) is 10.4. The quantitative estimate of drug-likeness (QED) is 0.332. The van der Waals surface area contributed by atoms with Gasteiger partial charge < -0.3 is 0 Å². The first-order valence-corrected chi connectivity index (χ1v) is 12.6. The monoisotopic (exact) mass is 514 g/mol. The molecule has 28 heavy (non-hydrogen) atoms. The van der Waals surface area contributed by atoms with Crippen molar-refractivity contribution in [1.82, 2.24) is 0 Å². The number of hydrogen-bond acceptors (Lipinski definition) is 0. The van der Waals surface area contributed by atoms with E-state index in [2.05, 4.69) is 69.2 Å². The van der Waals surface area contributed by atoms with Gasteiger partial charge in [-0.3, -0.25) is 0 Å². The van der Waals surface area contributed by atoms with E-state index < -0.39 is 9.52 Å². The predicted octanol–water partition coefficient (Wildman–Crippen LogP) is 8.00. The van der Waals surface area contributed by atoms with Crippen LogP contribution in [0.15, 0.2) is 42.7 Å². The average Bonchev–Trinajstić information content (AvgIpc) is 2.95. The first-order chi connectivity index (χ1) is 12.2. The van der Waals surface area contributed by atoms with Gasteiger partial charge >= 0.3 is 0 Å². The Bertz CT molecular complexity index is 763.